The SMILES string of the molecule is O=C(c1cc2n(n1)CCN(Cc1ccccc1Cl)C2=O)N(CCc1ccccc1)Cc1ccccc1. The standard InChI is InChI=1S/C29H27ClN4O2/c30-25-14-8-7-13-24(25)21-33-17-18-34-27(29(33)36)19-26(31-34)28(35)32(20-23-11-5-2-6-12-23)16-15-22-9-3-1-4-10-22/h1-14,19H,15-18,20-21H2. The normalized spacial score (nSPS) is 12.9. The van der Waals surface area contributed by atoms with Gasteiger partial charge in [0.25, 0.3) is 11.8 Å². The van der Waals surface area contributed by atoms with Gasteiger partial charge in [0.1, 0.15) is 5.69 Å². The number of hydrogen-bond acceptors (Lipinski definition) is 3. The number of nitrogens with zero attached hydrogens (tertiary/aromatic N) is 4. The molecule has 0 saturated carbocycles. The summed E-state index contributed by atoms with van der Waals surface area (Å²) in [7, 11) is 0. The van der Waals surface area contributed by atoms with Crippen molar-refractivity contribution in [2.75, 3.05) is 13.1 Å². The van der Waals surface area contributed by atoms with E-state index in [2.05, 4.69) is 17.2 Å². The Morgan fingerprint density at radius 3 is 2.28 bits per heavy atom. The van der Waals surface area contributed by atoms with Crippen LogP contribution in [-0.2, 0) is 26.1 Å². The number of rotatable bonds is 8. The predicted octanol–water partition coefficient (Wildman–Crippen LogP) is 5.08. The lowest BCUT2D eigenvalue weighted by Crippen LogP contribution is -2.39. The number of fused-ring (bicyclic) bond motifs is 1. The van der Waals surface area contributed by atoms with Crippen LogP contribution in [0.2, 0.25) is 5.02 Å². The summed E-state index contributed by atoms with van der Waals surface area (Å²) in [6.07, 6.45) is 0.734. The summed E-state index contributed by atoms with van der Waals surface area (Å²) in [5.41, 5.74) is 3.83. The number of carbonyl (C=O) groups is 2. The summed E-state index contributed by atoms with van der Waals surface area (Å²) < 4.78 is 1.65. The molecule has 0 unspecified atom stereocenters. The Kier molecular flexibility index (Phi) is 7.14. The molecule has 1 aliphatic heterocycles. The molecule has 0 N–H and O–H groups in total. The Bertz CT molecular complexity index is 1350. The fourth-order valence-corrected chi connectivity index (χ4v) is 4.65. The Morgan fingerprint density at radius 1 is 0.889 bits per heavy atom. The second-order valence-electron chi connectivity index (χ2n) is 8.90. The van der Waals surface area contributed by atoms with Crippen molar-refractivity contribution in [3.05, 3.63) is 124 Å². The zero-order valence-electron chi connectivity index (χ0n) is 19.9. The van der Waals surface area contributed by atoms with Crippen molar-refractivity contribution in [3.8, 4) is 0 Å². The molecular weight excluding hydrogens is 472 g/mol. The maximum Gasteiger partial charge on any atom is 0.274 e. The van der Waals surface area contributed by atoms with Crippen LogP contribution in [0.25, 0.3) is 0 Å². The first-order valence-corrected chi connectivity index (χ1v) is 12.4. The van der Waals surface area contributed by atoms with E-state index in [9.17, 15) is 9.59 Å². The minimum Gasteiger partial charge on any atom is -0.333 e. The lowest BCUT2D eigenvalue weighted by molar-refractivity contribution is 0.0680. The molecule has 0 saturated heterocycles. The molecule has 6 nitrogen and oxygen atoms in total. The monoisotopic (exact) mass is 498 g/mol. The van der Waals surface area contributed by atoms with Gasteiger partial charge in [-0.3, -0.25) is 14.3 Å². The smallest absolute Gasteiger partial charge is 0.274 e. The molecular formula is C29H27ClN4O2. The van der Waals surface area contributed by atoms with Crippen molar-refractivity contribution in [2.24, 2.45) is 0 Å². The fraction of sp³-hybridized carbons (Fsp3) is 0.207. The highest BCUT2D eigenvalue weighted by molar-refractivity contribution is 6.31. The van der Waals surface area contributed by atoms with E-state index < -0.39 is 0 Å². The van der Waals surface area contributed by atoms with Crippen molar-refractivity contribution in [1.29, 1.82) is 0 Å². The highest BCUT2D eigenvalue weighted by atomic mass is 35.5. The van der Waals surface area contributed by atoms with Crippen LogP contribution in [0.5, 0.6) is 0 Å². The second-order valence-corrected chi connectivity index (χ2v) is 9.31. The molecule has 182 valence electrons. The Hall–Kier alpha value is -3.90. The maximum absolute atomic E-state index is 13.6. The van der Waals surface area contributed by atoms with Gasteiger partial charge in [-0.15, -0.1) is 0 Å². The van der Waals surface area contributed by atoms with E-state index in [1.807, 2.05) is 77.7 Å². The molecule has 0 spiro atoms. The van der Waals surface area contributed by atoms with E-state index in [0.717, 1.165) is 23.1 Å². The minimum absolute atomic E-state index is 0.147. The number of aromatic nitrogens is 2. The van der Waals surface area contributed by atoms with Gasteiger partial charge in [-0.2, -0.15) is 5.10 Å². The predicted molar refractivity (Wildman–Crippen MR) is 140 cm³/mol. The largest absolute Gasteiger partial charge is 0.333 e. The summed E-state index contributed by atoms with van der Waals surface area (Å²) >= 11 is 6.31. The molecule has 2 heterocycles. The van der Waals surface area contributed by atoms with Crippen LogP contribution in [0.4, 0.5) is 0 Å². The summed E-state index contributed by atoms with van der Waals surface area (Å²) in [6, 6.07) is 29.2. The summed E-state index contributed by atoms with van der Waals surface area (Å²) in [4.78, 5) is 30.4. The summed E-state index contributed by atoms with van der Waals surface area (Å²) in [6.45, 7) is 2.48. The van der Waals surface area contributed by atoms with Gasteiger partial charge in [0.15, 0.2) is 5.69 Å². The van der Waals surface area contributed by atoms with Gasteiger partial charge in [-0.1, -0.05) is 90.5 Å². The van der Waals surface area contributed by atoms with Crippen molar-refractivity contribution >= 4 is 23.4 Å². The van der Waals surface area contributed by atoms with Crippen LogP contribution >= 0.6 is 11.6 Å². The molecule has 0 aliphatic carbocycles. The third-order valence-corrected chi connectivity index (χ3v) is 6.79. The van der Waals surface area contributed by atoms with Crippen LogP contribution in [0.1, 0.15) is 37.7 Å². The van der Waals surface area contributed by atoms with Gasteiger partial charge in [-0.25, -0.2) is 0 Å². The van der Waals surface area contributed by atoms with Crippen LogP contribution in [0.3, 0.4) is 0 Å². The Labute approximate surface area is 215 Å². The molecule has 3 aromatic carbocycles. The maximum atomic E-state index is 13.6. The highest BCUT2D eigenvalue weighted by Crippen LogP contribution is 2.22. The van der Waals surface area contributed by atoms with Gasteiger partial charge in [0, 0.05) is 37.3 Å². The average Bonchev–Trinajstić information content (AvgIpc) is 3.35. The van der Waals surface area contributed by atoms with E-state index in [1.54, 1.807) is 15.6 Å². The minimum atomic E-state index is -0.179. The Balaban J connectivity index is 1.35. The first kappa shape index (κ1) is 23.8. The third kappa shape index (κ3) is 5.34. The van der Waals surface area contributed by atoms with Crippen molar-refractivity contribution in [2.45, 2.75) is 26.1 Å². The topological polar surface area (TPSA) is 58.4 Å². The number of benzene rings is 3. The molecule has 0 bridgehead atoms. The number of amides is 2. The molecule has 1 aliphatic rings. The van der Waals surface area contributed by atoms with Gasteiger partial charge in [0.2, 0.25) is 0 Å². The van der Waals surface area contributed by atoms with Crippen molar-refractivity contribution in [1.82, 2.24) is 19.6 Å². The third-order valence-electron chi connectivity index (χ3n) is 6.42. The first-order valence-electron chi connectivity index (χ1n) is 12.1. The van der Waals surface area contributed by atoms with E-state index >= 15 is 0 Å². The van der Waals surface area contributed by atoms with Gasteiger partial charge in [0.05, 0.1) is 6.54 Å². The average molecular weight is 499 g/mol. The number of halogens is 1. The molecule has 36 heavy (non-hydrogen) atoms. The van der Waals surface area contributed by atoms with Gasteiger partial charge < -0.3 is 9.80 Å². The molecule has 0 fully saturated rings. The number of hydrogen-bond donors (Lipinski definition) is 0. The molecule has 1 aromatic heterocycles. The quantitative estimate of drug-likeness (QED) is 0.340. The summed E-state index contributed by atoms with van der Waals surface area (Å²) in [5.74, 6) is -0.325. The van der Waals surface area contributed by atoms with Crippen LogP contribution < -0.4 is 0 Å². The number of carbonyl (C=O) groups excluding carboxylic acids is 2. The lowest BCUT2D eigenvalue weighted by atomic mass is 10.1. The van der Waals surface area contributed by atoms with Crippen LogP contribution in [0.15, 0.2) is 91.0 Å². The first-order chi connectivity index (χ1) is 17.6. The van der Waals surface area contributed by atoms with E-state index in [-0.39, 0.29) is 11.8 Å². The zero-order chi connectivity index (χ0) is 24.9. The summed E-state index contributed by atoms with van der Waals surface area (Å²) in [5, 5.41) is 5.16. The zero-order valence-corrected chi connectivity index (χ0v) is 20.6. The second kappa shape index (κ2) is 10.8. The Morgan fingerprint density at radius 2 is 1.56 bits per heavy atom. The fourth-order valence-electron chi connectivity index (χ4n) is 4.45. The van der Waals surface area contributed by atoms with Crippen molar-refractivity contribution < 1.29 is 9.59 Å². The highest BCUT2D eigenvalue weighted by Gasteiger charge is 2.29. The lowest BCUT2D eigenvalue weighted by Gasteiger charge is -2.27. The molecule has 2 amide bonds. The molecule has 0 atom stereocenters. The van der Waals surface area contributed by atoms with Crippen LogP contribution in [0, 0.1) is 0 Å². The molecule has 0 radical (unpaired) electrons. The van der Waals surface area contributed by atoms with Gasteiger partial charge in [-0.05, 0) is 29.2 Å². The van der Waals surface area contributed by atoms with Gasteiger partial charge >= 0.3 is 0 Å². The molecule has 7 heteroatoms. The van der Waals surface area contributed by atoms with Crippen molar-refractivity contribution in [3.63, 3.8) is 0 Å². The van der Waals surface area contributed by atoms with E-state index in [0.29, 0.717) is 49.1 Å². The van der Waals surface area contributed by atoms with E-state index in [1.165, 1.54) is 0 Å². The van der Waals surface area contributed by atoms with Crippen LogP contribution in [-0.4, -0.2) is 44.5 Å². The molecule has 5 rings (SSSR count). The molecule has 4 aromatic rings. The van der Waals surface area contributed by atoms with E-state index in [4.69, 9.17) is 11.6 Å².